The van der Waals surface area contributed by atoms with Crippen molar-refractivity contribution >= 4 is 46.3 Å². The number of amides is 2. The van der Waals surface area contributed by atoms with Crippen LogP contribution in [-0.2, 0) is 4.79 Å². The number of hydrogen-bond donors (Lipinski definition) is 1. The van der Waals surface area contributed by atoms with Gasteiger partial charge in [0.1, 0.15) is 0 Å². The largest absolute Gasteiger partial charge is 0.478 e. The zero-order chi connectivity index (χ0) is 20.3. The minimum absolute atomic E-state index is 0.165. The predicted octanol–water partition coefficient (Wildman–Crippen LogP) is 4.47. The lowest BCUT2D eigenvalue weighted by molar-refractivity contribution is -0.113. The number of carboxylic acids is 1. The van der Waals surface area contributed by atoms with E-state index in [0.29, 0.717) is 16.2 Å². The molecule has 0 unspecified atom stereocenters. The Morgan fingerprint density at radius 1 is 1.04 bits per heavy atom. The lowest BCUT2D eigenvalue weighted by Crippen LogP contribution is -2.28. The van der Waals surface area contributed by atoms with Crippen LogP contribution in [0.5, 0.6) is 0 Å². The second kappa shape index (κ2) is 8.31. The van der Waals surface area contributed by atoms with E-state index in [1.807, 2.05) is 12.1 Å². The molecule has 0 radical (unpaired) electrons. The molecule has 144 valence electrons. The van der Waals surface area contributed by atoms with Crippen LogP contribution >= 0.6 is 11.8 Å². The molecule has 0 saturated carbocycles. The van der Waals surface area contributed by atoms with Crippen LogP contribution in [0.3, 0.4) is 0 Å². The summed E-state index contributed by atoms with van der Waals surface area (Å²) < 4.78 is 0. The number of thioether (sulfide) groups is 1. The molecule has 7 heteroatoms. The topological polar surface area (TPSA) is 77.9 Å². The molecule has 0 bridgehead atoms. The summed E-state index contributed by atoms with van der Waals surface area (Å²) in [7, 11) is 0. The van der Waals surface area contributed by atoms with Crippen molar-refractivity contribution in [2.75, 3.05) is 22.9 Å². The van der Waals surface area contributed by atoms with E-state index in [1.165, 1.54) is 12.1 Å². The Hall–Kier alpha value is -3.06. The Balaban J connectivity index is 1.82. The Kier molecular flexibility index (Phi) is 5.84. The van der Waals surface area contributed by atoms with E-state index in [0.717, 1.165) is 35.4 Å². The molecule has 6 nitrogen and oxygen atoms in total. The van der Waals surface area contributed by atoms with Gasteiger partial charge in [0.05, 0.1) is 16.2 Å². The van der Waals surface area contributed by atoms with Gasteiger partial charge in [-0.2, -0.15) is 0 Å². The van der Waals surface area contributed by atoms with E-state index >= 15 is 0 Å². The standard InChI is InChI=1S/C21H20N2O4S/c1-3-22(4-2)16-9-11-17(12-10-16)23-19(24)18(28-21(23)27)13-14-5-7-15(8-6-14)20(25)26/h5-13H,3-4H2,1-2H3,(H,25,26)/b18-13+. The zero-order valence-electron chi connectivity index (χ0n) is 15.6. The summed E-state index contributed by atoms with van der Waals surface area (Å²) in [5.41, 5.74) is 2.39. The molecule has 3 rings (SSSR count). The molecule has 0 atom stereocenters. The monoisotopic (exact) mass is 396 g/mol. The van der Waals surface area contributed by atoms with Gasteiger partial charge in [-0.25, -0.2) is 9.69 Å². The summed E-state index contributed by atoms with van der Waals surface area (Å²) in [6.45, 7) is 5.89. The third-order valence-corrected chi connectivity index (χ3v) is 5.36. The van der Waals surface area contributed by atoms with Gasteiger partial charge >= 0.3 is 5.97 Å². The fourth-order valence-electron chi connectivity index (χ4n) is 2.96. The first-order chi connectivity index (χ1) is 13.4. The first-order valence-electron chi connectivity index (χ1n) is 8.91. The van der Waals surface area contributed by atoms with Gasteiger partial charge in [0.25, 0.3) is 11.1 Å². The molecule has 1 heterocycles. The molecule has 0 aliphatic carbocycles. The number of rotatable bonds is 6. The van der Waals surface area contributed by atoms with Crippen molar-refractivity contribution in [3.8, 4) is 0 Å². The Bertz CT molecular complexity index is 932. The van der Waals surface area contributed by atoms with Crippen molar-refractivity contribution in [2.45, 2.75) is 13.8 Å². The highest BCUT2D eigenvalue weighted by atomic mass is 32.2. The molecule has 2 aromatic carbocycles. The molecular weight excluding hydrogens is 376 g/mol. The smallest absolute Gasteiger partial charge is 0.335 e. The number of imide groups is 1. The van der Waals surface area contributed by atoms with E-state index in [1.54, 1.807) is 30.3 Å². The summed E-state index contributed by atoms with van der Waals surface area (Å²) in [5, 5.41) is 8.60. The van der Waals surface area contributed by atoms with Crippen molar-refractivity contribution in [3.05, 3.63) is 64.6 Å². The molecule has 0 aromatic heterocycles. The van der Waals surface area contributed by atoms with E-state index in [9.17, 15) is 14.4 Å². The van der Waals surface area contributed by atoms with Crippen molar-refractivity contribution < 1.29 is 19.5 Å². The fraction of sp³-hybridized carbons (Fsp3) is 0.190. The number of anilines is 2. The minimum atomic E-state index is -1.01. The van der Waals surface area contributed by atoms with Gasteiger partial charge in [0.15, 0.2) is 0 Å². The van der Waals surface area contributed by atoms with Crippen LogP contribution in [0, 0.1) is 0 Å². The van der Waals surface area contributed by atoms with Gasteiger partial charge < -0.3 is 10.0 Å². The average molecular weight is 396 g/mol. The summed E-state index contributed by atoms with van der Waals surface area (Å²) in [6, 6.07) is 13.5. The Labute approximate surface area is 167 Å². The fourth-order valence-corrected chi connectivity index (χ4v) is 3.81. The summed E-state index contributed by atoms with van der Waals surface area (Å²) in [5.74, 6) is -1.40. The van der Waals surface area contributed by atoms with Crippen LogP contribution in [0.4, 0.5) is 16.2 Å². The van der Waals surface area contributed by atoms with Gasteiger partial charge in [-0.05, 0) is 73.6 Å². The average Bonchev–Trinajstić information content (AvgIpc) is 2.97. The molecule has 1 fully saturated rings. The molecule has 0 spiro atoms. The van der Waals surface area contributed by atoms with Crippen molar-refractivity contribution in [1.82, 2.24) is 0 Å². The Morgan fingerprint density at radius 2 is 1.64 bits per heavy atom. The molecule has 2 amide bonds. The predicted molar refractivity (Wildman–Crippen MR) is 112 cm³/mol. The third-order valence-electron chi connectivity index (χ3n) is 4.49. The number of benzene rings is 2. The summed E-state index contributed by atoms with van der Waals surface area (Å²) in [6.07, 6.45) is 1.60. The quantitative estimate of drug-likeness (QED) is 0.726. The van der Waals surface area contributed by atoms with Crippen molar-refractivity contribution in [1.29, 1.82) is 0 Å². The van der Waals surface area contributed by atoms with E-state index in [2.05, 4.69) is 18.7 Å². The highest BCUT2D eigenvalue weighted by molar-refractivity contribution is 8.19. The van der Waals surface area contributed by atoms with Gasteiger partial charge in [-0.1, -0.05) is 12.1 Å². The van der Waals surface area contributed by atoms with Crippen LogP contribution < -0.4 is 9.80 Å². The van der Waals surface area contributed by atoms with E-state index in [4.69, 9.17) is 5.11 Å². The molecule has 28 heavy (non-hydrogen) atoms. The second-order valence-corrected chi connectivity index (χ2v) is 7.13. The number of carbonyl (C=O) groups excluding carboxylic acids is 2. The van der Waals surface area contributed by atoms with Gasteiger partial charge in [-0.15, -0.1) is 0 Å². The van der Waals surface area contributed by atoms with Crippen molar-refractivity contribution in [3.63, 3.8) is 0 Å². The first-order valence-corrected chi connectivity index (χ1v) is 9.72. The SMILES string of the molecule is CCN(CC)c1ccc(N2C(=O)S/C(=C/c3ccc(C(=O)O)cc3)C2=O)cc1. The van der Waals surface area contributed by atoms with Crippen LogP contribution in [0.1, 0.15) is 29.8 Å². The van der Waals surface area contributed by atoms with Gasteiger partial charge in [0, 0.05) is 18.8 Å². The molecule has 1 aliphatic rings. The van der Waals surface area contributed by atoms with Gasteiger partial charge in [0.2, 0.25) is 0 Å². The lowest BCUT2D eigenvalue weighted by Gasteiger charge is -2.22. The highest BCUT2D eigenvalue weighted by Crippen LogP contribution is 2.36. The van der Waals surface area contributed by atoms with Crippen LogP contribution in [0.25, 0.3) is 6.08 Å². The molecule has 1 N–H and O–H groups in total. The summed E-state index contributed by atoms with van der Waals surface area (Å²) >= 11 is 0.873. The molecule has 2 aromatic rings. The number of carbonyl (C=O) groups is 3. The first kappa shape index (κ1) is 19.7. The number of nitrogens with zero attached hydrogens (tertiary/aromatic N) is 2. The van der Waals surface area contributed by atoms with E-state index in [-0.39, 0.29) is 16.7 Å². The molecule has 1 saturated heterocycles. The number of carboxylic acid groups (broad SMARTS) is 1. The maximum Gasteiger partial charge on any atom is 0.335 e. The summed E-state index contributed by atoms with van der Waals surface area (Å²) in [4.78, 5) is 39.7. The maximum atomic E-state index is 12.7. The van der Waals surface area contributed by atoms with Crippen LogP contribution in [-0.4, -0.2) is 35.3 Å². The van der Waals surface area contributed by atoms with Crippen molar-refractivity contribution in [2.24, 2.45) is 0 Å². The van der Waals surface area contributed by atoms with Crippen LogP contribution in [0.2, 0.25) is 0 Å². The lowest BCUT2D eigenvalue weighted by atomic mass is 10.1. The number of hydrogen-bond acceptors (Lipinski definition) is 5. The molecular formula is C21H20N2O4S. The third kappa shape index (κ3) is 3.94. The van der Waals surface area contributed by atoms with Gasteiger partial charge in [-0.3, -0.25) is 9.59 Å². The number of aromatic carboxylic acids is 1. The highest BCUT2D eigenvalue weighted by Gasteiger charge is 2.36. The van der Waals surface area contributed by atoms with Crippen LogP contribution in [0.15, 0.2) is 53.4 Å². The molecule has 1 aliphatic heterocycles. The minimum Gasteiger partial charge on any atom is -0.478 e. The second-order valence-electron chi connectivity index (χ2n) is 6.13. The zero-order valence-corrected chi connectivity index (χ0v) is 16.4. The normalized spacial score (nSPS) is 15.4. The van der Waals surface area contributed by atoms with E-state index < -0.39 is 5.97 Å². The Morgan fingerprint density at radius 3 is 2.18 bits per heavy atom. The maximum absolute atomic E-state index is 12.7.